The molecule has 0 aliphatic carbocycles. The lowest BCUT2D eigenvalue weighted by Crippen LogP contribution is -2.17. The minimum atomic E-state index is -0.114. The van der Waals surface area contributed by atoms with Crippen molar-refractivity contribution in [3.05, 3.63) is 68.3 Å². The van der Waals surface area contributed by atoms with Crippen LogP contribution in [0.1, 0.15) is 17.4 Å². The summed E-state index contributed by atoms with van der Waals surface area (Å²) in [5, 5.41) is 5.60. The first-order chi connectivity index (χ1) is 10.1. The molecule has 21 heavy (non-hydrogen) atoms. The number of furan rings is 1. The lowest BCUT2D eigenvalue weighted by molar-refractivity contribution is 0.491. The van der Waals surface area contributed by atoms with Crippen molar-refractivity contribution in [3.8, 4) is 0 Å². The lowest BCUT2D eigenvalue weighted by atomic mass is 10.0. The van der Waals surface area contributed by atoms with Crippen molar-refractivity contribution in [1.29, 1.82) is 0 Å². The monoisotopic (exact) mass is 383 g/mol. The summed E-state index contributed by atoms with van der Waals surface area (Å²) in [4.78, 5) is 0. The van der Waals surface area contributed by atoms with Crippen LogP contribution < -0.4 is 5.32 Å². The van der Waals surface area contributed by atoms with Gasteiger partial charge >= 0.3 is 0 Å². The van der Waals surface area contributed by atoms with Gasteiger partial charge < -0.3 is 9.73 Å². The van der Waals surface area contributed by atoms with Crippen molar-refractivity contribution >= 4 is 50.1 Å². The van der Waals surface area contributed by atoms with E-state index in [0.717, 1.165) is 26.8 Å². The molecule has 1 aromatic heterocycles. The number of halogens is 3. The molecule has 108 valence electrons. The minimum absolute atomic E-state index is 0.114. The number of nitrogens with one attached hydrogen (secondary N) is 1. The first kappa shape index (κ1) is 14.9. The summed E-state index contributed by atoms with van der Waals surface area (Å²) in [7, 11) is 1.88. The van der Waals surface area contributed by atoms with Crippen molar-refractivity contribution in [2.75, 3.05) is 7.05 Å². The van der Waals surface area contributed by atoms with E-state index in [0.29, 0.717) is 10.0 Å². The van der Waals surface area contributed by atoms with Gasteiger partial charge in [-0.25, -0.2) is 0 Å². The molecule has 3 aromatic rings. The zero-order valence-electron chi connectivity index (χ0n) is 11.2. The summed E-state index contributed by atoms with van der Waals surface area (Å²) in [6.07, 6.45) is 0. The van der Waals surface area contributed by atoms with Crippen molar-refractivity contribution in [1.82, 2.24) is 5.32 Å². The van der Waals surface area contributed by atoms with Crippen LogP contribution in [0, 0.1) is 0 Å². The van der Waals surface area contributed by atoms with Crippen LogP contribution in [0.2, 0.25) is 10.0 Å². The number of hydrogen-bond donors (Lipinski definition) is 1. The maximum atomic E-state index is 6.34. The van der Waals surface area contributed by atoms with Gasteiger partial charge in [0.15, 0.2) is 0 Å². The third-order valence-corrected chi connectivity index (χ3v) is 4.40. The molecule has 0 fully saturated rings. The molecule has 2 nitrogen and oxygen atoms in total. The van der Waals surface area contributed by atoms with Gasteiger partial charge in [0.25, 0.3) is 0 Å². The van der Waals surface area contributed by atoms with E-state index < -0.39 is 0 Å². The van der Waals surface area contributed by atoms with Gasteiger partial charge in [-0.2, -0.15) is 0 Å². The van der Waals surface area contributed by atoms with Gasteiger partial charge in [0, 0.05) is 19.9 Å². The number of fused-ring (bicyclic) bond motifs is 1. The SMILES string of the molecule is CNC(c1cc2cc(Cl)ccc2o1)c1ccc(Br)cc1Cl. The zero-order chi connectivity index (χ0) is 15.0. The Morgan fingerprint density at radius 2 is 1.90 bits per heavy atom. The molecule has 1 heterocycles. The first-order valence-electron chi connectivity index (χ1n) is 6.39. The van der Waals surface area contributed by atoms with Crippen LogP contribution in [0.15, 0.2) is 51.4 Å². The Balaban J connectivity index is 2.09. The molecule has 1 unspecified atom stereocenters. The van der Waals surface area contributed by atoms with Gasteiger partial charge in [0.05, 0.1) is 6.04 Å². The molecule has 0 aliphatic heterocycles. The zero-order valence-corrected chi connectivity index (χ0v) is 14.3. The second-order valence-corrected chi connectivity index (χ2v) is 6.48. The maximum absolute atomic E-state index is 6.34. The van der Waals surface area contributed by atoms with E-state index in [9.17, 15) is 0 Å². The summed E-state index contributed by atoms with van der Waals surface area (Å²) in [5.41, 5.74) is 1.77. The predicted molar refractivity (Wildman–Crippen MR) is 91.3 cm³/mol. The van der Waals surface area contributed by atoms with Crippen LogP contribution in [0.4, 0.5) is 0 Å². The van der Waals surface area contributed by atoms with Gasteiger partial charge in [-0.3, -0.25) is 0 Å². The lowest BCUT2D eigenvalue weighted by Gasteiger charge is -2.15. The second kappa shape index (κ2) is 6.01. The van der Waals surface area contributed by atoms with Crippen molar-refractivity contribution in [2.45, 2.75) is 6.04 Å². The van der Waals surface area contributed by atoms with E-state index in [1.54, 1.807) is 0 Å². The molecule has 0 aliphatic rings. The fourth-order valence-electron chi connectivity index (χ4n) is 2.36. The quantitative estimate of drug-likeness (QED) is 0.616. The molecule has 0 bridgehead atoms. The molecule has 0 amide bonds. The Bertz CT molecular complexity index is 800. The van der Waals surface area contributed by atoms with Crippen LogP contribution in [0.5, 0.6) is 0 Å². The molecule has 1 N–H and O–H groups in total. The largest absolute Gasteiger partial charge is 0.459 e. The van der Waals surface area contributed by atoms with Gasteiger partial charge in [0.1, 0.15) is 11.3 Å². The van der Waals surface area contributed by atoms with Crippen LogP contribution in [-0.4, -0.2) is 7.05 Å². The van der Waals surface area contributed by atoms with Crippen LogP contribution in [0.25, 0.3) is 11.0 Å². The van der Waals surface area contributed by atoms with Gasteiger partial charge in [-0.05, 0) is 49.0 Å². The molecular weight excluding hydrogens is 373 g/mol. The molecule has 0 saturated carbocycles. The molecule has 5 heteroatoms. The predicted octanol–water partition coefficient (Wildman–Crippen LogP) is 5.81. The number of rotatable bonds is 3. The normalized spacial score (nSPS) is 12.8. The van der Waals surface area contributed by atoms with E-state index in [2.05, 4.69) is 21.2 Å². The molecule has 0 spiro atoms. The maximum Gasteiger partial charge on any atom is 0.134 e. The minimum Gasteiger partial charge on any atom is -0.459 e. The summed E-state index contributed by atoms with van der Waals surface area (Å²) in [6, 6.07) is 13.3. The highest BCUT2D eigenvalue weighted by molar-refractivity contribution is 9.10. The van der Waals surface area contributed by atoms with Crippen molar-refractivity contribution in [2.24, 2.45) is 0 Å². The van der Waals surface area contributed by atoms with Crippen LogP contribution in [-0.2, 0) is 0 Å². The average molecular weight is 385 g/mol. The first-order valence-corrected chi connectivity index (χ1v) is 7.94. The summed E-state index contributed by atoms with van der Waals surface area (Å²) in [6.45, 7) is 0. The number of hydrogen-bond acceptors (Lipinski definition) is 2. The van der Waals surface area contributed by atoms with Crippen LogP contribution in [0.3, 0.4) is 0 Å². The average Bonchev–Trinajstić information content (AvgIpc) is 2.84. The van der Waals surface area contributed by atoms with E-state index >= 15 is 0 Å². The summed E-state index contributed by atoms with van der Waals surface area (Å²) < 4.78 is 6.87. The van der Waals surface area contributed by atoms with Crippen molar-refractivity contribution in [3.63, 3.8) is 0 Å². The third kappa shape index (κ3) is 2.97. The fraction of sp³-hybridized carbons (Fsp3) is 0.125. The second-order valence-electron chi connectivity index (χ2n) is 4.72. The summed E-state index contributed by atoms with van der Waals surface area (Å²) >= 11 is 15.8. The standard InChI is InChI=1S/C16H12BrCl2NO/c1-20-16(12-4-2-10(17)8-13(12)19)15-7-9-6-11(18)3-5-14(9)21-15/h2-8,16,20H,1H3. The molecular formula is C16H12BrCl2NO. The highest BCUT2D eigenvalue weighted by atomic mass is 79.9. The molecule has 3 rings (SSSR count). The van der Waals surface area contributed by atoms with Crippen molar-refractivity contribution < 1.29 is 4.42 Å². The van der Waals surface area contributed by atoms with Gasteiger partial charge in [0.2, 0.25) is 0 Å². The Kier molecular flexibility index (Phi) is 4.27. The van der Waals surface area contributed by atoms with E-state index in [-0.39, 0.29) is 6.04 Å². The van der Waals surface area contributed by atoms with Gasteiger partial charge in [-0.15, -0.1) is 0 Å². The topological polar surface area (TPSA) is 25.2 Å². The van der Waals surface area contributed by atoms with E-state index in [1.807, 2.05) is 49.5 Å². The highest BCUT2D eigenvalue weighted by Gasteiger charge is 2.19. The highest BCUT2D eigenvalue weighted by Crippen LogP contribution is 2.33. The Morgan fingerprint density at radius 1 is 1.10 bits per heavy atom. The van der Waals surface area contributed by atoms with E-state index in [4.69, 9.17) is 27.6 Å². The summed E-state index contributed by atoms with van der Waals surface area (Å²) in [5.74, 6) is 0.805. The fourth-order valence-corrected chi connectivity index (χ4v) is 3.33. The molecule has 1 atom stereocenters. The smallest absolute Gasteiger partial charge is 0.134 e. The Hall–Kier alpha value is -1.000. The third-order valence-electron chi connectivity index (χ3n) is 3.34. The molecule has 0 saturated heterocycles. The van der Waals surface area contributed by atoms with Crippen LogP contribution >= 0.6 is 39.1 Å². The molecule has 2 aromatic carbocycles. The Labute approximate surface area is 141 Å². The molecule has 0 radical (unpaired) electrons. The number of benzene rings is 2. The Morgan fingerprint density at radius 3 is 2.62 bits per heavy atom. The van der Waals surface area contributed by atoms with Gasteiger partial charge in [-0.1, -0.05) is 45.2 Å². The van der Waals surface area contributed by atoms with E-state index in [1.165, 1.54) is 0 Å².